The van der Waals surface area contributed by atoms with Crippen molar-refractivity contribution in [2.24, 2.45) is 10.7 Å². The Balaban J connectivity index is 2.94. The van der Waals surface area contributed by atoms with Crippen molar-refractivity contribution in [3.8, 4) is 0 Å². The SMILES string of the molecule is CN=C(N)Nc1cc(F)ccc1Cl. The Morgan fingerprint density at radius 2 is 2.31 bits per heavy atom. The van der Waals surface area contributed by atoms with Gasteiger partial charge in [0.1, 0.15) is 5.82 Å². The van der Waals surface area contributed by atoms with Gasteiger partial charge in [-0.05, 0) is 18.2 Å². The molecule has 5 heteroatoms. The Labute approximate surface area is 80.4 Å². The van der Waals surface area contributed by atoms with Crippen molar-refractivity contribution >= 4 is 23.2 Å². The predicted molar refractivity (Wildman–Crippen MR) is 52.6 cm³/mol. The monoisotopic (exact) mass is 201 g/mol. The van der Waals surface area contributed by atoms with Gasteiger partial charge in [-0.1, -0.05) is 11.6 Å². The normalized spacial score (nSPS) is 11.5. The van der Waals surface area contributed by atoms with Crippen LogP contribution in [0.25, 0.3) is 0 Å². The average Bonchev–Trinajstić information content (AvgIpc) is 2.11. The lowest BCUT2D eigenvalue weighted by Crippen LogP contribution is -2.22. The van der Waals surface area contributed by atoms with Gasteiger partial charge in [-0.2, -0.15) is 0 Å². The molecule has 0 unspecified atom stereocenters. The minimum Gasteiger partial charge on any atom is -0.370 e. The van der Waals surface area contributed by atoms with Gasteiger partial charge in [0.15, 0.2) is 5.96 Å². The lowest BCUT2D eigenvalue weighted by Gasteiger charge is -2.06. The lowest BCUT2D eigenvalue weighted by atomic mass is 10.3. The minimum absolute atomic E-state index is 0.188. The van der Waals surface area contributed by atoms with Crippen LogP contribution in [0.1, 0.15) is 0 Å². The summed E-state index contributed by atoms with van der Waals surface area (Å²) in [5.74, 6) is -0.191. The molecule has 13 heavy (non-hydrogen) atoms. The maximum absolute atomic E-state index is 12.7. The zero-order chi connectivity index (χ0) is 9.84. The second-order valence-electron chi connectivity index (χ2n) is 2.36. The largest absolute Gasteiger partial charge is 0.370 e. The predicted octanol–water partition coefficient (Wildman–Crippen LogP) is 1.84. The molecule has 0 radical (unpaired) electrons. The maximum Gasteiger partial charge on any atom is 0.192 e. The number of benzene rings is 1. The molecule has 70 valence electrons. The highest BCUT2D eigenvalue weighted by Crippen LogP contribution is 2.21. The highest BCUT2D eigenvalue weighted by molar-refractivity contribution is 6.33. The van der Waals surface area contributed by atoms with E-state index in [4.69, 9.17) is 17.3 Å². The van der Waals surface area contributed by atoms with Crippen LogP contribution in [0, 0.1) is 5.82 Å². The third-order valence-electron chi connectivity index (χ3n) is 1.43. The number of hydrogen-bond donors (Lipinski definition) is 2. The number of nitrogens with one attached hydrogen (secondary N) is 1. The van der Waals surface area contributed by atoms with Crippen molar-refractivity contribution in [2.45, 2.75) is 0 Å². The summed E-state index contributed by atoms with van der Waals surface area (Å²) in [4.78, 5) is 3.66. The van der Waals surface area contributed by atoms with Crippen molar-refractivity contribution in [3.05, 3.63) is 29.0 Å². The van der Waals surface area contributed by atoms with E-state index in [1.165, 1.54) is 25.2 Å². The molecule has 0 saturated carbocycles. The molecule has 0 aromatic heterocycles. The summed E-state index contributed by atoms with van der Waals surface area (Å²) >= 11 is 5.76. The van der Waals surface area contributed by atoms with Gasteiger partial charge in [-0.15, -0.1) is 0 Å². The van der Waals surface area contributed by atoms with Crippen LogP contribution in [0.15, 0.2) is 23.2 Å². The Morgan fingerprint density at radius 1 is 1.62 bits per heavy atom. The first-order valence-corrected chi connectivity index (χ1v) is 3.95. The van der Waals surface area contributed by atoms with Crippen molar-refractivity contribution < 1.29 is 4.39 Å². The van der Waals surface area contributed by atoms with Crippen LogP contribution >= 0.6 is 11.6 Å². The van der Waals surface area contributed by atoms with E-state index in [1.807, 2.05) is 0 Å². The van der Waals surface area contributed by atoms with E-state index in [0.717, 1.165) is 0 Å². The fourth-order valence-corrected chi connectivity index (χ4v) is 0.952. The number of nitrogens with two attached hydrogens (primary N) is 1. The van der Waals surface area contributed by atoms with Crippen LogP contribution in [-0.4, -0.2) is 13.0 Å². The highest BCUT2D eigenvalue weighted by atomic mass is 35.5. The third kappa shape index (κ3) is 2.59. The average molecular weight is 202 g/mol. The van der Waals surface area contributed by atoms with E-state index >= 15 is 0 Å². The molecular weight excluding hydrogens is 193 g/mol. The van der Waals surface area contributed by atoms with Crippen LogP contribution in [0.3, 0.4) is 0 Å². The van der Waals surface area contributed by atoms with E-state index in [-0.39, 0.29) is 11.8 Å². The van der Waals surface area contributed by atoms with Crippen LogP contribution in [0.2, 0.25) is 5.02 Å². The molecule has 0 bridgehead atoms. The highest BCUT2D eigenvalue weighted by Gasteiger charge is 2.01. The van der Waals surface area contributed by atoms with Gasteiger partial charge in [-0.25, -0.2) is 4.39 Å². The molecule has 1 rings (SSSR count). The smallest absolute Gasteiger partial charge is 0.192 e. The zero-order valence-corrected chi connectivity index (χ0v) is 7.77. The second-order valence-corrected chi connectivity index (χ2v) is 2.77. The number of nitrogens with zero attached hydrogens (tertiary/aromatic N) is 1. The molecule has 0 aliphatic heterocycles. The molecule has 3 N–H and O–H groups in total. The van der Waals surface area contributed by atoms with E-state index in [0.29, 0.717) is 10.7 Å². The molecule has 0 amide bonds. The molecule has 0 saturated heterocycles. The first kappa shape index (κ1) is 9.80. The van der Waals surface area contributed by atoms with Gasteiger partial charge in [-0.3, -0.25) is 4.99 Å². The van der Waals surface area contributed by atoms with Gasteiger partial charge >= 0.3 is 0 Å². The quantitative estimate of drug-likeness (QED) is 0.538. The van der Waals surface area contributed by atoms with Crippen LogP contribution < -0.4 is 11.1 Å². The third-order valence-corrected chi connectivity index (χ3v) is 1.76. The molecule has 0 aliphatic rings. The number of guanidine groups is 1. The van der Waals surface area contributed by atoms with Gasteiger partial charge in [0, 0.05) is 7.05 Å². The van der Waals surface area contributed by atoms with E-state index in [2.05, 4.69) is 10.3 Å². The number of aliphatic imine (C=N–C) groups is 1. The minimum atomic E-state index is -0.379. The molecule has 0 aliphatic carbocycles. The fraction of sp³-hybridized carbons (Fsp3) is 0.125. The lowest BCUT2D eigenvalue weighted by molar-refractivity contribution is 0.628. The fourth-order valence-electron chi connectivity index (χ4n) is 0.787. The molecule has 1 aromatic carbocycles. The van der Waals surface area contributed by atoms with Crippen LogP contribution in [0.4, 0.5) is 10.1 Å². The summed E-state index contributed by atoms with van der Waals surface area (Å²) in [7, 11) is 1.52. The number of anilines is 1. The summed E-state index contributed by atoms with van der Waals surface area (Å²) < 4.78 is 12.7. The standard InChI is InChI=1S/C8H9ClFN3/c1-12-8(11)13-7-4-5(10)2-3-6(7)9/h2-4H,1H3,(H3,11,12,13). The second kappa shape index (κ2) is 4.09. The summed E-state index contributed by atoms with van der Waals surface area (Å²) in [6.07, 6.45) is 0. The maximum atomic E-state index is 12.7. The summed E-state index contributed by atoms with van der Waals surface area (Å²) in [5, 5.41) is 3.05. The number of halogens is 2. The topological polar surface area (TPSA) is 50.4 Å². The molecule has 1 aromatic rings. The van der Waals surface area contributed by atoms with Gasteiger partial charge in [0.2, 0.25) is 0 Å². The Bertz CT molecular complexity index is 338. The molecule has 0 heterocycles. The Kier molecular flexibility index (Phi) is 3.08. The van der Waals surface area contributed by atoms with Crippen LogP contribution in [0.5, 0.6) is 0 Å². The van der Waals surface area contributed by atoms with Crippen LogP contribution in [-0.2, 0) is 0 Å². The summed E-state index contributed by atoms with van der Waals surface area (Å²) in [6.45, 7) is 0. The van der Waals surface area contributed by atoms with Gasteiger partial charge in [0.25, 0.3) is 0 Å². The van der Waals surface area contributed by atoms with Gasteiger partial charge in [0.05, 0.1) is 10.7 Å². The van der Waals surface area contributed by atoms with Crippen molar-refractivity contribution in [1.29, 1.82) is 0 Å². The Morgan fingerprint density at radius 3 is 2.92 bits per heavy atom. The summed E-state index contributed by atoms with van der Waals surface area (Å²) in [6, 6.07) is 3.97. The molecule has 0 spiro atoms. The van der Waals surface area contributed by atoms with Crippen molar-refractivity contribution in [1.82, 2.24) is 0 Å². The molecular formula is C8H9ClFN3. The molecule has 0 atom stereocenters. The molecule has 3 nitrogen and oxygen atoms in total. The van der Waals surface area contributed by atoms with E-state index < -0.39 is 0 Å². The molecule has 0 fully saturated rings. The first-order chi connectivity index (χ1) is 6.13. The van der Waals surface area contributed by atoms with Crippen molar-refractivity contribution in [3.63, 3.8) is 0 Å². The van der Waals surface area contributed by atoms with Crippen molar-refractivity contribution in [2.75, 3.05) is 12.4 Å². The number of hydrogen-bond acceptors (Lipinski definition) is 1. The Hall–Kier alpha value is -1.29. The van der Waals surface area contributed by atoms with E-state index in [9.17, 15) is 4.39 Å². The van der Waals surface area contributed by atoms with Gasteiger partial charge < -0.3 is 11.1 Å². The zero-order valence-electron chi connectivity index (χ0n) is 7.01. The first-order valence-electron chi connectivity index (χ1n) is 3.58. The number of rotatable bonds is 1. The van der Waals surface area contributed by atoms with E-state index in [1.54, 1.807) is 0 Å². The summed E-state index contributed by atoms with van der Waals surface area (Å²) in [5.41, 5.74) is 5.79.